The summed E-state index contributed by atoms with van der Waals surface area (Å²) < 4.78 is 6.60. The van der Waals surface area contributed by atoms with Crippen molar-refractivity contribution in [2.24, 2.45) is 0 Å². The molecule has 0 radical (unpaired) electrons. The van der Waals surface area contributed by atoms with Crippen molar-refractivity contribution >= 4 is 23.5 Å². The molecule has 0 fully saturated rings. The second-order valence-electron chi connectivity index (χ2n) is 3.26. The van der Waals surface area contributed by atoms with E-state index >= 15 is 0 Å². The smallest absolute Gasteiger partial charge is 0.360 e. The van der Waals surface area contributed by atoms with Crippen LogP contribution in [-0.4, -0.2) is 33.6 Å². The van der Waals surface area contributed by atoms with Crippen molar-refractivity contribution in [1.29, 1.82) is 0 Å². The van der Waals surface area contributed by atoms with Gasteiger partial charge >= 0.3 is 5.97 Å². The summed E-state index contributed by atoms with van der Waals surface area (Å²) >= 11 is 1.75. The molecule has 1 aromatic heterocycles. The fraction of sp³-hybridized carbons (Fsp3) is 0.455. The van der Waals surface area contributed by atoms with Crippen LogP contribution in [-0.2, 0) is 11.3 Å². The van der Waals surface area contributed by atoms with Gasteiger partial charge < -0.3 is 15.0 Å². The van der Waals surface area contributed by atoms with Gasteiger partial charge in [0.05, 0.1) is 12.9 Å². The van der Waals surface area contributed by atoms with Crippen molar-refractivity contribution in [2.75, 3.05) is 23.8 Å². The summed E-state index contributed by atoms with van der Waals surface area (Å²) in [5, 5.41) is 0. The van der Waals surface area contributed by atoms with Gasteiger partial charge in [-0.2, -0.15) is 11.8 Å². The Morgan fingerprint density at radius 1 is 1.76 bits per heavy atom. The number of aryl methyl sites for hydroxylation is 1. The lowest BCUT2D eigenvalue weighted by molar-refractivity contribution is 0.0521. The Balaban J connectivity index is 2.57. The lowest BCUT2D eigenvalue weighted by atomic mass is 10.4. The van der Waals surface area contributed by atoms with Crippen LogP contribution in [0.5, 0.6) is 0 Å². The average Bonchev–Trinajstić information content (AvgIpc) is 2.67. The second-order valence-corrected chi connectivity index (χ2v) is 4.41. The first-order chi connectivity index (χ1) is 8.20. The van der Waals surface area contributed by atoms with E-state index < -0.39 is 5.97 Å². The number of hydrogen-bond acceptors (Lipinski definition) is 5. The van der Waals surface area contributed by atoms with Crippen LogP contribution in [0, 0.1) is 0 Å². The van der Waals surface area contributed by atoms with Crippen molar-refractivity contribution in [2.45, 2.75) is 13.5 Å². The first-order valence-corrected chi connectivity index (χ1v) is 6.52. The quantitative estimate of drug-likeness (QED) is 0.455. The molecule has 0 aliphatic carbocycles. The second kappa shape index (κ2) is 7.01. The number of thioether (sulfide) groups is 1. The summed E-state index contributed by atoms with van der Waals surface area (Å²) in [5.41, 5.74) is 6.01. The topological polar surface area (TPSA) is 70.1 Å². The van der Waals surface area contributed by atoms with Gasteiger partial charge in [-0.1, -0.05) is 6.08 Å². The number of carbonyl (C=O) groups excluding carboxylic acids is 1. The molecule has 2 N–H and O–H groups in total. The lowest BCUT2D eigenvalue weighted by Crippen LogP contribution is -2.10. The molecule has 0 unspecified atom stereocenters. The van der Waals surface area contributed by atoms with Gasteiger partial charge in [-0.15, -0.1) is 6.58 Å². The molecule has 0 saturated heterocycles. The molecule has 0 spiro atoms. The van der Waals surface area contributed by atoms with Gasteiger partial charge in [-0.25, -0.2) is 9.78 Å². The molecule has 0 aliphatic rings. The van der Waals surface area contributed by atoms with E-state index in [9.17, 15) is 4.79 Å². The zero-order valence-electron chi connectivity index (χ0n) is 9.89. The molecule has 6 heteroatoms. The number of carbonyl (C=O) groups is 1. The van der Waals surface area contributed by atoms with Crippen molar-refractivity contribution in [1.82, 2.24) is 9.55 Å². The fourth-order valence-corrected chi connectivity index (χ4v) is 1.92. The Hall–Kier alpha value is -1.43. The SMILES string of the molecule is C=CCSCCn1cnc(C(=O)OCC)c1N. The van der Waals surface area contributed by atoms with Crippen molar-refractivity contribution in [3.63, 3.8) is 0 Å². The predicted octanol–water partition coefficient (Wildman–Crippen LogP) is 1.56. The third kappa shape index (κ3) is 3.81. The molecular weight excluding hydrogens is 238 g/mol. The highest BCUT2D eigenvalue weighted by Gasteiger charge is 2.16. The number of esters is 1. The lowest BCUT2D eigenvalue weighted by Gasteiger charge is -2.04. The number of nitrogens with zero attached hydrogens (tertiary/aromatic N) is 2. The van der Waals surface area contributed by atoms with Crippen LogP contribution in [0.2, 0.25) is 0 Å². The minimum Gasteiger partial charge on any atom is -0.461 e. The molecule has 0 bridgehead atoms. The summed E-state index contributed by atoms with van der Waals surface area (Å²) in [6.45, 7) is 6.43. The van der Waals surface area contributed by atoms with Gasteiger partial charge in [0, 0.05) is 18.1 Å². The standard InChI is InChI=1S/C11H17N3O2S/c1-3-6-17-7-5-14-8-13-9(10(14)12)11(15)16-4-2/h3,8H,1,4-7,12H2,2H3. The zero-order chi connectivity index (χ0) is 12.7. The van der Waals surface area contributed by atoms with E-state index in [-0.39, 0.29) is 5.69 Å². The highest BCUT2D eigenvalue weighted by Crippen LogP contribution is 2.12. The molecule has 0 aliphatic heterocycles. The Bertz CT molecular complexity index is 390. The molecule has 1 heterocycles. The maximum atomic E-state index is 11.5. The third-order valence-electron chi connectivity index (χ3n) is 2.06. The Labute approximate surface area is 105 Å². The summed E-state index contributed by atoms with van der Waals surface area (Å²) in [7, 11) is 0. The Morgan fingerprint density at radius 3 is 3.18 bits per heavy atom. The van der Waals surface area contributed by atoms with E-state index in [4.69, 9.17) is 10.5 Å². The molecule has 1 rings (SSSR count). The highest BCUT2D eigenvalue weighted by molar-refractivity contribution is 7.99. The van der Waals surface area contributed by atoms with Crippen molar-refractivity contribution in [3.05, 3.63) is 24.7 Å². The van der Waals surface area contributed by atoms with Crippen LogP contribution in [0.25, 0.3) is 0 Å². The number of hydrogen-bond donors (Lipinski definition) is 1. The largest absolute Gasteiger partial charge is 0.461 e. The fourth-order valence-electron chi connectivity index (χ4n) is 1.26. The summed E-state index contributed by atoms with van der Waals surface area (Å²) in [5.74, 6) is 1.69. The van der Waals surface area contributed by atoms with Gasteiger partial charge in [0.1, 0.15) is 5.82 Å². The Morgan fingerprint density at radius 2 is 2.53 bits per heavy atom. The number of ether oxygens (including phenoxy) is 1. The Kier molecular flexibility index (Phi) is 5.62. The van der Waals surface area contributed by atoms with Gasteiger partial charge in [0.25, 0.3) is 0 Å². The van der Waals surface area contributed by atoms with Crippen LogP contribution in [0.1, 0.15) is 17.4 Å². The van der Waals surface area contributed by atoms with E-state index in [1.54, 1.807) is 29.6 Å². The molecular formula is C11H17N3O2S. The van der Waals surface area contributed by atoms with E-state index in [0.717, 1.165) is 18.1 Å². The molecule has 0 saturated carbocycles. The van der Waals surface area contributed by atoms with Gasteiger partial charge in [-0.3, -0.25) is 0 Å². The molecule has 5 nitrogen and oxygen atoms in total. The molecule has 1 aromatic rings. The van der Waals surface area contributed by atoms with Gasteiger partial charge in [0.2, 0.25) is 0 Å². The maximum absolute atomic E-state index is 11.5. The van der Waals surface area contributed by atoms with Gasteiger partial charge in [-0.05, 0) is 6.92 Å². The minimum atomic E-state index is -0.470. The van der Waals surface area contributed by atoms with Crippen LogP contribution in [0.4, 0.5) is 5.82 Å². The first-order valence-electron chi connectivity index (χ1n) is 5.37. The number of anilines is 1. The normalized spacial score (nSPS) is 10.2. The van der Waals surface area contributed by atoms with E-state index in [1.165, 1.54) is 0 Å². The minimum absolute atomic E-state index is 0.195. The van der Waals surface area contributed by atoms with Crippen LogP contribution < -0.4 is 5.73 Å². The van der Waals surface area contributed by atoms with E-state index in [1.807, 2.05) is 6.08 Å². The molecule has 0 atom stereocenters. The number of rotatable bonds is 7. The van der Waals surface area contributed by atoms with Crippen LogP contribution in [0.3, 0.4) is 0 Å². The van der Waals surface area contributed by atoms with E-state index in [0.29, 0.717) is 12.4 Å². The van der Waals surface area contributed by atoms with Crippen LogP contribution >= 0.6 is 11.8 Å². The number of nitrogen functional groups attached to an aromatic ring is 1. The summed E-state index contributed by atoms with van der Waals surface area (Å²) in [6, 6.07) is 0. The predicted molar refractivity (Wildman–Crippen MR) is 70.1 cm³/mol. The van der Waals surface area contributed by atoms with Crippen LogP contribution in [0.15, 0.2) is 19.0 Å². The zero-order valence-corrected chi connectivity index (χ0v) is 10.7. The molecule has 0 amide bonds. The number of imidazole rings is 1. The monoisotopic (exact) mass is 255 g/mol. The maximum Gasteiger partial charge on any atom is 0.360 e. The third-order valence-corrected chi connectivity index (χ3v) is 3.00. The summed E-state index contributed by atoms with van der Waals surface area (Å²) in [4.78, 5) is 15.4. The number of nitrogens with two attached hydrogens (primary N) is 1. The van der Waals surface area contributed by atoms with Gasteiger partial charge in [0.15, 0.2) is 5.69 Å². The van der Waals surface area contributed by atoms with Crippen molar-refractivity contribution < 1.29 is 9.53 Å². The van der Waals surface area contributed by atoms with E-state index in [2.05, 4.69) is 11.6 Å². The highest BCUT2D eigenvalue weighted by atomic mass is 32.2. The number of aromatic nitrogens is 2. The summed E-state index contributed by atoms with van der Waals surface area (Å²) in [6.07, 6.45) is 3.42. The van der Waals surface area contributed by atoms with Crippen molar-refractivity contribution in [3.8, 4) is 0 Å². The average molecular weight is 255 g/mol. The first kappa shape index (κ1) is 13.6. The molecule has 17 heavy (non-hydrogen) atoms. The molecule has 0 aromatic carbocycles. The molecule has 94 valence electrons.